The van der Waals surface area contributed by atoms with Crippen LogP contribution in [0.2, 0.25) is 0 Å². The van der Waals surface area contributed by atoms with E-state index in [1.54, 1.807) is 20.8 Å². The molecule has 1 fully saturated rings. The number of aliphatic hydroxyl groups excluding tert-OH is 1. The average molecular weight is 246 g/mol. The summed E-state index contributed by atoms with van der Waals surface area (Å²) in [7, 11) is 1.47. The molecule has 98 valence electrons. The van der Waals surface area contributed by atoms with Crippen LogP contribution >= 0.6 is 0 Å². The fourth-order valence-corrected chi connectivity index (χ4v) is 1.33. The summed E-state index contributed by atoms with van der Waals surface area (Å²) in [6.07, 6.45) is -1.74. The summed E-state index contributed by atoms with van der Waals surface area (Å²) in [4.78, 5) is 23.9. The molecule has 0 aliphatic carbocycles. The minimum absolute atomic E-state index is 0.225. The Morgan fingerprint density at radius 2 is 2.00 bits per heavy atom. The number of nitrogens with one attached hydrogen (secondary N) is 1. The highest BCUT2D eigenvalue weighted by Crippen LogP contribution is 2.25. The van der Waals surface area contributed by atoms with Crippen molar-refractivity contribution in [3.8, 4) is 0 Å². The van der Waals surface area contributed by atoms with Gasteiger partial charge in [0, 0.05) is 7.11 Å². The molecule has 0 bridgehead atoms. The molecule has 7 nitrogen and oxygen atoms in total. The lowest BCUT2D eigenvalue weighted by atomic mass is 10.2. The van der Waals surface area contributed by atoms with Gasteiger partial charge in [0.05, 0.1) is 6.61 Å². The second-order valence-corrected chi connectivity index (χ2v) is 4.78. The van der Waals surface area contributed by atoms with E-state index < -0.39 is 30.0 Å². The number of methoxy groups -OCH3 is 1. The number of alkyl carbamates (subject to hydrolysis) is 1. The maximum absolute atomic E-state index is 11.5. The van der Waals surface area contributed by atoms with Gasteiger partial charge in [-0.3, -0.25) is 4.90 Å². The summed E-state index contributed by atoms with van der Waals surface area (Å²) >= 11 is 0. The van der Waals surface area contributed by atoms with Gasteiger partial charge in [-0.25, -0.2) is 14.9 Å². The molecular weight excluding hydrogens is 228 g/mol. The van der Waals surface area contributed by atoms with Crippen LogP contribution in [0.5, 0.6) is 0 Å². The number of aliphatic hydroxyl groups is 1. The predicted octanol–water partition coefficient (Wildman–Crippen LogP) is 0.280. The number of hydrogen-bond acceptors (Lipinski definition) is 5. The molecule has 0 unspecified atom stereocenters. The Labute approximate surface area is 99.7 Å². The third-order valence-electron chi connectivity index (χ3n) is 2.08. The molecule has 1 saturated heterocycles. The zero-order chi connectivity index (χ0) is 13.2. The van der Waals surface area contributed by atoms with Crippen LogP contribution < -0.4 is 5.32 Å². The minimum Gasteiger partial charge on any atom is -0.443 e. The van der Waals surface area contributed by atoms with Crippen LogP contribution in [0.3, 0.4) is 0 Å². The second kappa shape index (κ2) is 4.89. The summed E-state index contributed by atoms with van der Waals surface area (Å²) < 4.78 is 9.71. The number of rotatable bonds is 2. The van der Waals surface area contributed by atoms with Gasteiger partial charge >= 0.3 is 12.1 Å². The number of urea groups is 1. The second-order valence-electron chi connectivity index (χ2n) is 4.78. The number of nitrogens with zero attached hydrogens (tertiary/aromatic N) is 1. The predicted molar refractivity (Wildman–Crippen MR) is 58.3 cm³/mol. The van der Waals surface area contributed by atoms with E-state index in [0.717, 1.165) is 4.90 Å². The zero-order valence-corrected chi connectivity index (χ0v) is 10.4. The lowest BCUT2D eigenvalue weighted by Gasteiger charge is -2.19. The summed E-state index contributed by atoms with van der Waals surface area (Å²) in [5.41, 5.74) is -0.673. The number of carbonyl (C=O) groups excluding carboxylic acids is 2. The van der Waals surface area contributed by atoms with Crippen molar-refractivity contribution in [1.82, 2.24) is 10.2 Å². The van der Waals surface area contributed by atoms with Crippen molar-refractivity contribution < 1.29 is 24.2 Å². The van der Waals surface area contributed by atoms with Crippen molar-refractivity contribution in [3.05, 3.63) is 0 Å². The Hall–Kier alpha value is -1.34. The Bertz CT molecular complexity index is 312. The van der Waals surface area contributed by atoms with Crippen LogP contribution in [0.15, 0.2) is 0 Å². The number of hydrogen-bond donors (Lipinski definition) is 2. The summed E-state index contributed by atoms with van der Waals surface area (Å²) in [6, 6.07) is -1.09. The van der Waals surface area contributed by atoms with E-state index in [2.05, 4.69) is 0 Å². The van der Waals surface area contributed by atoms with Crippen LogP contribution in [-0.4, -0.2) is 53.7 Å². The molecule has 1 aliphatic heterocycles. The van der Waals surface area contributed by atoms with Crippen molar-refractivity contribution in [3.63, 3.8) is 0 Å². The molecule has 0 spiro atoms. The molecule has 0 radical (unpaired) electrons. The van der Waals surface area contributed by atoms with E-state index in [1.807, 2.05) is 5.32 Å². The fourth-order valence-electron chi connectivity index (χ4n) is 1.33. The van der Waals surface area contributed by atoms with Crippen LogP contribution in [0, 0.1) is 0 Å². The zero-order valence-electron chi connectivity index (χ0n) is 10.4. The standard InChI is InChI=1S/C10H18N2O5/c1-10(2,3)17-9(15)11-8(14)12-6(5-16-4)7(12)13/h6-7,13H,5H2,1-4H3,(H,11,14,15)/t6-,7-,12?/m1/s1. The van der Waals surface area contributed by atoms with Gasteiger partial charge in [-0.15, -0.1) is 0 Å². The van der Waals surface area contributed by atoms with Gasteiger partial charge in [0.25, 0.3) is 0 Å². The number of amides is 3. The molecule has 0 saturated carbocycles. The molecule has 3 amide bonds. The van der Waals surface area contributed by atoms with Crippen molar-refractivity contribution in [2.45, 2.75) is 38.6 Å². The number of imide groups is 1. The summed E-state index contributed by atoms with van der Waals surface area (Å²) in [6.45, 7) is 5.30. The van der Waals surface area contributed by atoms with E-state index in [4.69, 9.17) is 9.47 Å². The highest BCUT2D eigenvalue weighted by atomic mass is 16.6. The Balaban J connectivity index is 2.38. The molecule has 0 aromatic carbocycles. The maximum atomic E-state index is 11.5. The van der Waals surface area contributed by atoms with Crippen molar-refractivity contribution in [2.24, 2.45) is 0 Å². The molecule has 1 rings (SSSR count). The van der Waals surface area contributed by atoms with Crippen molar-refractivity contribution >= 4 is 12.1 Å². The van der Waals surface area contributed by atoms with Crippen molar-refractivity contribution in [1.29, 1.82) is 0 Å². The van der Waals surface area contributed by atoms with Crippen LogP contribution in [0.4, 0.5) is 9.59 Å². The van der Waals surface area contributed by atoms with Gasteiger partial charge < -0.3 is 14.6 Å². The highest BCUT2D eigenvalue weighted by molar-refractivity contribution is 5.92. The van der Waals surface area contributed by atoms with E-state index in [9.17, 15) is 14.7 Å². The largest absolute Gasteiger partial charge is 0.443 e. The molecule has 17 heavy (non-hydrogen) atoms. The minimum atomic E-state index is -0.905. The van der Waals surface area contributed by atoms with Crippen LogP contribution in [0.1, 0.15) is 20.8 Å². The molecule has 7 heteroatoms. The third-order valence-corrected chi connectivity index (χ3v) is 2.08. The first-order valence-electron chi connectivity index (χ1n) is 5.25. The first kappa shape index (κ1) is 13.7. The molecule has 1 heterocycles. The van der Waals surface area contributed by atoms with Gasteiger partial charge in [-0.2, -0.15) is 0 Å². The lowest BCUT2D eigenvalue weighted by molar-refractivity contribution is 0.0539. The normalized spacial score (nSPS) is 23.2. The van der Waals surface area contributed by atoms with E-state index >= 15 is 0 Å². The van der Waals surface area contributed by atoms with Crippen LogP contribution in [0.25, 0.3) is 0 Å². The van der Waals surface area contributed by atoms with E-state index in [0.29, 0.717) is 0 Å². The van der Waals surface area contributed by atoms with Gasteiger partial charge in [0.15, 0.2) is 6.23 Å². The van der Waals surface area contributed by atoms with Crippen molar-refractivity contribution in [2.75, 3.05) is 13.7 Å². The SMILES string of the molecule is COC[C@@H]1[C@@H](O)N1C(=O)NC(=O)OC(C)(C)C. The van der Waals surface area contributed by atoms with Gasteiger partial charge in [-0.1, -0.05) is 0 Å². The van der Waals surface area contributed by atoms with Gasteiger partial charge in [0.2, 0.25) is 0 Å². The first-order valence-corrected chi connectivity index (χ1v) is 5.25. The molecular formula is C10H18N2O5. The molecule has 2 atom stereocenters. The van der Waals surface area contributed by atoms with E-state index in [1.165, 1.54) is 7.11 Å². The molecule has 2 N–H and O–H groups in total. The molecule has 0 aromatic rings. The highest BCUT2D eigenvalue weighted by Gasteiger charge is 2.50. The number of ether oxygens (including phenoxy) is 2. The Morgan fingerprint density at radius 3 is 2.47 bits per heavy atom. The first-order chi connectivity index (χ1) is 7.76. The van der Waals surface area contributed by atoms with Crippen LogP contribution in [-0.2, 0) is 9.47 Å². The lowest BCUT2D eigenvalue weighted by Crippen LogP contribution is -2.39. The number of carbonyl (C=O) groups is 2. The Kier molecular flexibility index (Phi) is 3.94. The quantitative estimate of drug-likeness (QED) is 0.683. The topological polar surface area (TPSA) is 87.9 Å². The Morgan fingerprint density at radius 1 is 1.41 bits per heavy atom. The molecule has 1 aliphatic rings. The summed E-state index contributed by atoms with van der Waals surface area (Å²) in [5, 5.41) is 11.4. The average Bonchev–Trinajstić information content (AvgIpc) is 2.73. The molecule has 0 aromatic heterocycles. The maximum Gasteiger partial charge on any atom is 0.415 e. The van der Waals surface area contributed by atoms with Gasteiger partial charge in [-0.05, 0) is 20.8 Å². The van der Waals surface area contributed by atoms with E-state index in [-0.39, 0.29) is 6.61 Å². The third kappa shape index (κ3) is 3.86. The summed E-state index contributed by atoms with van der Waals surface area (Å²) in [5.74, 6) is 0. The van der Waals surface area contributed by atoms with Gasteiger partial charge in [0.1, 0.15) is 11.6 Å². The monoisotopic (exact) mass is 246 g/mol. The smallest absolute Gasteiger partial charge is 0.415 e. The fraction of sp³-hybridized carbons (Fsp3) is 0.800.